The molecule has 1 aliphatic heterocycles. The van der Waals surface area contributed by atoms with E-state index < -0.39 is 0 Å². The summed E-state index contributed by atoms with van der Waals surface area (Å²) in [7, 11) is 0. The van der Waals surface area contributed by atoms with Gasteiger partial charge in [-0.15, -0.1) is 0 Å². The van der Waals surface area contributed by atoms with E-state index in [1.807, 2.05) is 30.3 Å². The van der Waals surface area contributed by atoms with E-state index in [2.05, 4.69) is 10.6 Å². The van der Waals surface area contributed by atoms with Gasteiger partial charge in [0.15, 0.2) is 0 Å². The van der Waals surface area contributed by atoms with Crippen LogP contribution >= 0.6 is 0 Å². The Morgan fingerprint density at radius 2 is 2.19 bits per heavy atom. The van der Waals surface area contributed by atoms with Crippen molar-refractivity contribution in [1.82, 2.24) is 10.6 Å². The Balaban J connectivity index is 1.72. The molecule has 0 aliphatic carbocycles. The highest BCUT2D eigenvalue weighted by Gasteiger charge is 2.14. The van der Waals surface area contributed by atoms with Gasteiger partial charge in [0.05, 0.1) is 6.42 Å². The summed E-state index contributed by atoms with van der Waals surface area (Å²) in [5, 5.41) is 6.29. The molecule has 0 aromatic heterocycles. The fraction of sp³-hybridized carbons (Fsp3) is 0.462. The van der Waals surface area contributed by atoms with Gasteiger partial charge in [0.2, 0.25) is 5.91 Å². The fourth-order valence-electron chi connectivity index (χ4n) is 1.99. The van der Waals surface area contributed by atoms with Crippen LogP contribution in [0.2, 0.25) is 0 Å². The van der Waals surface area contributed by atoms with Crippen LogP contribution in [0.4, 0.5) is 0 Å². The van der Waals surface area contributed by atoms with E-state index in [4.69, 9.17) is 0 Å². The zero-order chi connectivity index (χ0) is 11.2. The Labute approximate surface area is 96.2 Å². The average Bonchev–Trinajstić information content (AvgIpc) is 2.81. The van der Waals surface area contributed by atoms with E-state index in [1.165, 1.54) is 6.42 Å². The Morgan fingerprint density at radius 1 is 1.38 bits per heavy atom. The molecule has 86 valence electrons. The molecule has 0 spiro atoms. The second-order valence-corrected chi connectivity index (χ2v) is 4.33. The molecule has 3 nitrogen and oxygen atoms in total. The molecule has 1 fully saturated rings. The predicted octanol–water partition coefficient (Wildman–Crippen LogP) is 0.955. The molecule has 1 aliphatic rings. The minimum atomic E-state index is 0.123. The molecule has 3 heteroatoms. The number of hydrogen-bond acceptors (Lipinski definition) is 2. The first-order valence-corrected chi connectivity index (χ1v) is 5.86. The van der Waals surface area contributed by atoms with E-state index in [0.717, 1.165) is 25.2 Å². The Bertz CT molecular complexity index is 331. The summed E-state index contributed by atoms with van der Waals surface area (Å²) < 4.78 is 0. The summed E-state index contributed by atoms with van der Waals surface area (Å²) in [6.45, 7) is 2.92. The van der Waals surface area contributed by atoms with Crippen LogP contribution in [-0.2, 0) is 11.2 Å². The van der Waals surface area contributed by atoms with Crippen LogP contribution in [0, 0.1) is 5.92 Å². The van der Waals surface area contributed by atoms with Crippen molar-refractivity contribution in [3.05, 3.63) is 35.9 Å². The number of carbonyl (C=O) groups excluding carboxylic acids is 1. The van der Waals surface area contributed by atoms with Crippen LogP contribution in [-0.4, -0.2) is 25.5 Å². The molecule has 0 bridgehead atoms. The zero-order valence-corrected chi connectivity index (χ0v) is 9.41. The molecular weight excluding hydrogens is 200 g/mol. The first-order valence-electron chi connectivity index (χ1n) is 5.86. The maximum absolute atomic E-state index is 11.6. The van der Waals surface area contributed by atoms with Gasteiger partial charge in [-0.3, -0.25) is 4.79 Å². The molecule has 0 radical (unpaired) electrons. The first-order chi connectivity index (χ1) is 7.84. The maximum atomic E-state index is 11.6. The van der Waals surface area contributed by atoms with E-state index in [1.54, 1.807) is 0 Å². The minimum Gasteiger partial charge on any atom is -0.355 e. The largest absolute Gasteiger partial charge is 0.355 e. The zero-order valence-electron chi connectivity index (χ0n) is 9.41. The van der Waals surface area contributed by atoms with Gasteiger partial charge in [0, 0.05) is 6.54 Å². The monoisotopic (exact) mass is 218 g/mol. The molecule has 1 saturated heterocycles. The van der Waals surface area contributed by atoms with Crippen molar-refractivity contribution in [3.8, 4) is 0 Å². The summed E-state index contributed by atoms with van der Waals surface area (Å²) in [5.41, 5.74) is 1.07. The third-order valence-corrected chi connectivity index (χ3v) is 2.96. The summed E-state index contributed by atoms with van der Waals surface area (Å²) in [6, 6.07) is 9.85. The summed E-state index contributed by atoms with van der Waals surface area (Å²) >= 11 is 0. The second kappa shape index (κ2) is 5.66. The van der Waals surface area contributed by atoms with Gasteiger partial charge in [-0.25, -0.2) is 0 Å². The lowest BCUT2D eigenvalue weighted by Crippen LogP contribution is -2.31. The molecule has 1 atom stereocenters. The number of rotatable bonds is 4. The smallest absolute Gasteiger partial charge is 0.224 e. The SMILES string of the molecule is O=C(Cc1ccccc1)NCC1CCNC1. The Hall–Kier alpha value is -1.35. The second-order valence-electron chi connectivity index (χ2n) is 4.33. The van der Waals surface area contributed by atoms with E-state index in [9.17, 15) is 4.79 Å². The lowest BCUT2D eigenvalue weighted by molar-refractivity contribution is -0.120. The van der Waals surface area contributed by atoms with E-state index in [0.29, 0.717) is 12.3 Å². The van der Waals surface area contributed by atoms with Crippen molar-refractivity contribution in [2.75, 3.05) is 19.6 Å². The third kappa shape index (κ3) is 3.35. The number of amides is 1. The summed E-state index contributed by atoms with van der Waals surface area (Å²) in [6.07, 6.45) is 1.66. The normalized spacial score (nSPS) is 19.6. The highest BCUT2D eigenvalue weighted by Crippen LogP contribution is 2.05. The third-order valence-electron chi connectivity index (χ3n) is 2.96. The predicted molar refractivity (Wildman–Crippen MR) is 64.1 cm³/mol. The number of hydrogen-bond donors (Lipinski definition) is 2. The summed E-state index contributed by atoms with van der Waals surface area (Å²) in [5.74, 6) is 0.734. The van der Waals surface area contributed by atoms with Gasteiger partial charge in [0.1, 0.15) is 0 Å². The standard InChI is InChI=1S/C13H18N2O/c16-13(8-11-4-2-1-3-5-11)15-10-12-6-7-14-9-12/h1-5,12,14H,6-10H2,(H,15,16). The van der Waals surface area contributed by atoms with Crippen LogP contribution in [0.25, 0.3) is 0 Å². The molecule has 1 unspecified atom stereocenters. The van der Waals surface area contributed by atoms with Gasteiger partial charge >= 0.3 is 0 Å². The van der Waals surface area contributed by atoms with Crippen molar-refractivity contribution < 1.29 is 4.79 Å². The Morgan fingerprint density at radius 3 is 2.88 bits per heavy atom. The van der Waals surface area contributed by atoms with Gasteiger partial charge in [-0.05, 0) is 31.0 Å². The number of nitrogens with one attached hydrogen (secondary N) is 2. The molecule has 2 rings (SSSR count). The quantitative estimate of drug-likeness (QED) is 0.790. The van der Waals surface area contributed by atoms with Gasteiger partial charge in [-0.2, -0.15) is 0 Å². The molecule has 16 heavy (non-hydrogen) atoms. The molecule has 0 saturated carbocycles. The van der Waals surface area contributed by atoms with Crippen molar-refractivity contribution in [3.63, 3.8) is 0 Å². The van der Waals surface area contributed by atoms with Crippen LogP contribution in [0.5, 0.6) is 0 Å². The first kappa shape index (κ1) is 11.1. The van der Waals surface area contributed by atoms with Gasteiger partial charge in [0.25, 0.3) is 0 Å². The number of carbonyl (C=O) groups is 1. The van der Waals surface area contributed by atoms with Gasteiger partial charge in [-0.1, -0.05) is 30.3 Å². The molecule has 1 aromatic carbocycles. The topological polar surface area (TPSA) is 41.1 Å². The van der Waals surface area contributed by atoms with Crippen LogP contribution < -0.4 is 10.6 Å². The minimum absolute atomic E-state index is 0.123. The average molecular weight is 218 g/mol. The molecule has 2 N–H and O–H groups in total. The van der Waals surface area contributed by atoms with Crippen molar-refractivity contribution in [1.29, 1.82) is 0 Å². The summed E-state index contributed by atoms with van der Waals surface area (Å²) in [4.78, 5) is 11.6. The lowest BCUT2D eigenvalue weighted by atomic mass is 10.1. The number of benzene rings is 1. The fourth-order valence-corrected chi connectivity index (χ4v) is 1.99. The molecular formula is C13H18N2O. The van der Waals surface area contributed by atoms with E-state index >= 15 is 0 Å². The van der Waals surface area contributed by atoms with Crippen molar-refractivity contribution in [2.24, 2.45) is 5.92 Å². The van der Waals surface area contributed by atoms with Crippen molar-refractivity contribution in [2.45, 2.75) is 12.8 Å². The van der Waals surface area contributed by atoms with Crippen LogP contribution in [0.3, 0.4) is 0 Å². The maximum Gasteiger partial charge on any atom is 0.224 e. The van der Waals surface area contributed by atoms with Gasteiger partial charge < -0.3 is 10.6 Å². The van der Waals surface area contributed by atoms with Crippen LogP contribution in [0.15, 0.2) is 30.3 Å². The highest BCUT2D eigenvalue weighted by molar-refractivity contribution is 5.78. The van der Waals surface area contributed by atoms with Crippen LogP contribution in [0.1, 0.15) is 12.0 Å². The van der Waals surface area contributed by atoms with E-state index in [-0.39, 0.29) is 5.91 Å². The molecule has 1 aromatic rings. The Kier molecular flexibility index (Phi) is 3.94. The highest BCUT2D eigenvalue weighted by atomic mass is 16.1. The van der Waals surface area contributed by atoms with Crippen molar-refractivity contribution >= 4 is 5.91 Å². The lowest BCUT2D eigenvalue weighted by Gasteiger charge is -2.09. The molecule has 1 heterocycles. The molecule has 1 amide bonds.